The largest absolute Gasteiger partial charge is 0.396 e. The number of aliphatic hydroxyl groups is 1. The van der Waals surface area contributed by atoms with Crippen molar-refractivity contribution in [3.05, 3.63) is 36.5 Å². The number of urea groups is 1. The summed E-state index contributed by atoms with van der Waals surface area (Å²) in [6.07, 6.45) is 4.37. The summed E-state index contributed by atoms with van der Waals surface area (Å²) in [4.78, 5) is 14.2. The normalized spacial score (nSPS) is 16.8. The fraction of sp³-hybridized carbons (Fsp3) is 0.444. The number of anilines is 1. The molecule has 1 aromatic carbocycles. The predicted molar refractivity (Wildman–Crippen MR) is 93.7 cm³/mol. The Morgan fingerprint density at radius 2 is 2.00 bits per heavy atom. The van der Waals surface area contributed by atoms with E-state index in [2.05, 4.69) is 22.4 Å². The molecule has 1 aliphatic heterocycles. The van der Waals surface area contributed by atoms with Gasteiger partial charge in [-0.2, -0.15) is 5.10 Å². The van der Waals surface area contributed by atoms with Gasteiger partial charge in [0, 0.05) is 31.6 Å². The molecule has 128 valence electrons. The molecule has 6 heteroatoms. The number of aliphatic hydroxyl groups excluding tert-OH is 1. The van der Waals surface area contributed by atoms with Gasteiger partial charge >= 0.3 is 6.03 Å². The Kier molecular flexibility index (Phi) is 4.85. The van der Waals surface area contributed by atoms with Crippen molar-refractivity contribution in [1.82, 2.24) is 15.1 Å². The highest BCUT2D eigenvalue weighted by Gasteiger charge is 2.33. The zero-order chi connectivity index (χ0) is 17.0. The quantitative estimate of drug-likeness (QED) is 0.806. The second kappa shape index (κ2) is 7.05. The fourth-order valence-corrected chi connectivity index (χ4v) is 3.16. The van der Waals surface area contributed by atoms with Crippen molar-refractivity contribution in [2.24, 2.45) is 5.41 Å². The number of rotatable bonds is 4. The molecule has 2 amide bonds. The van der Waals surface area contributed by atoms with Crippen LogP contribution < -0.4 is 5.32 Å². The van der Waals surface area contributed by atoms with Crippen LogP contribution in [0.25, 0.3) is 11.3 Å². The third-order valence-electron chi connectivity index (χ3n) is 5.14. The van der Waals surface area contributed by atoms with Crippen molar-refractivity contribution in [3.63, 3.8) is 0 Å². The summed E-state index contributed by atoms with van der Waals surface area (Å²) < 4.78 is 0. The second-order valence-electron chi connectivity index (χ2n) is 6.48. The van der Waals surface area contributed by atoms with Crippen LogP contribution in [0.2, 0.25) is 0 Å². The Hall–Kier alpha value is -2.34. The van der Waals surface area contributed by atoms with Gasteiger partial charge < -0.3 is 15.3 Å². The summed E-state index contributed by atoms with van der Waals surface area (Å²) in [7, 11) is 0. The number of likely N-dealkylation sites (tertiary alicyclic amines) is 1. The Bertz CT molecular complexity index is 653. The topological polar surface area (TPSA) is 81.2 Å². The molecular weight excluding hydrogens is 304 g/mol. The third-order valence-corrected chi connectivity index (χ3v) is 5.14. The maximum Gasteiger partial charge on any atom is 0.321 e. The third kappa shape index (κ3) is 3.43. The Morgan fingerprint density at radius 3 is 2.54 bits per heavy atom. The Balaban J connectivity index is 1.57. The second-order valence-corrected chi connectivity index (χ2v) is 6.48. The zero-order valence-corrected chi connectivity index (χ0v) is 14.0. The Morgan fingerprint density at radius 1 is 1.29 bits per heavy atom. The molecule has 2 aromatic rings. The lowest BCUT2D eigenvalue weighted by Gasteiger charge is -2.40. The summed E-state index contributed by atoms with van der Waals surface area (Å²) in [6.45, 7) is 3.68. The molecule has 3 rings (SSSR count). The number of hydrogen-bond acceptors (Lipinski definition) is 3. The van der Waals surface area contributed by atoms with Gasteiger partial charge in [0.2, 0.25) is 0 Å². The van der Waals surface area contributed by atoms with Crippen LogP contribution in [0.1, 0.15) is 26.2 Å². The number of H-pyrrole nitrogens is 1. The molecule has 1 aliphatic rings. The molecule has 6 nitrogen and oxygen atoms in total. The number of piperidine rings is 1. The summed E-state index contributed by atoms with van der Waals surface area (Å²) in [5.41, 5.74) is 2.74. The van der Waals surface area contributed by atoms with Crippen LogP contribution in [0, 0.1) is 5.41 Å². The van der Waals surface area contributed by atoms with Gasteiger partial charge in [-0.1, -0.05) is 19.1 Å². The fourth-order valence-electron chi connectivity index (χ4n) is 3.16. The first-order chi connectivity index (χ1) is 11.7. The first-order valence-corrected chi connectivity index (χ1v) is 8.42. The lowest BCUT2D eigenvalue weighted by atomic mass is 9.77. The number of nitrogens with zero attached hydrogens (tertiary/aromatic N) is 2. The van der Waals surface area contributed by atoms with E-state index in [4.69, 9.17) is 0 Å². The number of carbonyl (C=O) groups is 1. The molecule has 0 radical (unpaired) electrons. The summed E-state index contributed by atoms with van der Waals surface area (Å²) in [5, 5.41) is 19.4. The predicted octanol–water partition coefficient (Wildman–Crippen LogP) is 3.09. The van der Waals surface area contributed by atoms with Gasteiger partial charge in [0.15, 0.2) is 0 Å². The van der Waals surface area contributed by atoms with E-state index < -0.39 is 0 Å². The van der Waals surface area contributed by atoms with Gasteiger partial charge in [-0.3, -0.25) is 5.10 Å². The zero-order valence-electron chi connectivity index (χ0n) is 14.0. The standard InChI is InChI=1S/C18H24N4O2/c1-2-18(13-23)8-11-22(12-9-18)17(24)20-15-5-3-14(4-6-15)16-7-10-19-21-16/h3-7,10,23H,2,8-9,11-13H2,1H3,(H,19,21)(H,20,24). The van der Waals surface area contributed by atoms with Crippen LogP contribution in [0.4, 0.5) is 10.5 Å². The molecule has 2 heterocycles. The van der Waals surface area contributed by atoms with E-state index in [1.165, 1.54) is 0 Å². The SMILES string of the molecule is CCC1(CO)CCN(C(=O)Nc2ccc(-c3ccn[nH]3)cc2)CC1. The highest BCUT2D eigenvalue weighted by molar-refractivity contribution is 5.89. The molecule has 1 saturated heterocycles. The van der Waals surface area contributed by atoms with E-state index >= 15 is 0 Å². The minimum atomic E-state index is -0.0769. The van der Waals surface area contributed by atoms with Gasteiger partial charge in [0.05, 0.1) is 5.69 Å². The molecule has 0 saturated carbocycles. The van der Waals surface area contributed by atoms with E-state index in [0.717, 1.165) is 36.2 Å². The summed E-state index contributed by atoms with van der Waals surface area (Å²) >= 11 is 0. The first-order valence-electron chi connectivity index (χ1n) is 8.42. The van der Waals surface area contributed by atoms with E-state index in [-0.39, 0.29) is 18.1 Å². The minimum absolute atomic E-state index is 0.0114. The van der Waals surface area contributed by atoms with Crippen molar-refractivity contribution in [1.29, 1.82) is 0 Å². The van der Waals surface area contributed by atoms with Crippen molar-refractivity contribution >= 4 is 11.7 Å². The van der Waals surface area contributed by atoms with Gasteiger partial charge in [-0.05, 0) is 48.4 Å². The van der Waals surface area contributed by atoms with Crippen LogP contribution in [0.15, 0.2) is 36.5 Å². The average molecular weight is 328 g/mol. The number of aromatic nitrogens is 2. The molecule has 0 bridgehead atoms. The van der Waals surface area contributed by atoms with E-state index in [1.54, 1.807) is 6.20 Å². The monoisotopic (exact) mass is 328 g/mol. The van der Waals surface area contributed by atoms with Gasteiger partial charge in [-0.25, -0.2) is 4.79 Å². The summed E-state index contributed by atoms with van der Waals surface area (Å²) in [5.74, 6) is 0. The molecule has 0 aliphatic carbocycles. The van der Waals surface area contributed by atoms with Crippen molar-refractivity contribution < 1.29 is 9.90 Å². The van der Waals surface area contributed by atoms with Gasteiger partial charge in [-0.15, -0.1) is 0 Å². The van der Waals surface area contributed by atoms with Crippen LogP contribution in [0.5, 0.6) is 0 Å². The number of carbonyl (C=O) groups excluding carboxylic acids is 1. The number of amides is 2. The smallest absolute Gasteiger partial charge is 0.321 e. The van der Waals surface area contributed by atoms with Gasteiger partial charge in [0.25, 0.3) is 0 Å². The molecule has 0 spiro atoms. The molecular formula is C18H24N4O2. The van der Waals surface area contributed by atoms with E-state index in [0.29, 0.717) is 13.1 Å². The molecule has 1 fully saturated rings. The average Bonchev–Trinajstić information content (AvgIpc) is 3.17. The molecule has 3 N–H and O–H groups in total. The number of hydrogen-bond donors (Lipinski definition) is 3. The van der Waals surface area contributed by atoms with Crippen molar-refractivity contribution in [2.45, 2.75) is 26.2 Å². The number of benzene rings is 1. The lowest BCUT2D eigenvalue weighted by molar-refractivity contribution is 0.0542. The van der Waals surface area contributed by atoms with Crippen LogP contribution in [-0.2, 0) is 0 Å². The highest BCUT2D eigenvalue weighted by Crippen LogP contribution is 2.34. The van der Waals surface area contributed by atoms with Gasteiger partial charge in [0.1, 0.15) is 0 Å². The molecule has 1 aromatic heterocycles. The first kappa shape index (κ1) is 16.5. The van der Waals surface area contributed by atoms with Crippen LogP contribution in [-0.4, -0.2) is 45.9 Å². The molecule has 0 atom stereocenters. The number of aromatic amines is 1. The maximum atomic E-state index is 12.4. The van der Waals surface area contributed by atoms with Crippen LogP contribution in [0.3, 0.4) is 0 Å². The number of nitrogens with one attached hydrogen (secondary N) is 2. The van der Waals surface area contributed by atoms with Crippen molar-refractivity contribution in [2.75, 3.05) is 25.0 Å². The molecule has 24 heavy (non-hydrogen) atoms. The van der Waals surface area contributed by atoms with Crippen LogP contribution >= 0.6 is 0 Å². The molecule has 0 unspecified atom stereocenters. The Labute approximate surface area is 141 Å². The van der Waals surface area contributed by atoms with E-state index in [1.807, 2.05) is 35.2 Å². The van der Waals surface area contributed by atoms with E-state index in [9.17, 15) is 9.90 Å². The minimum Gasteiger partial charge on any atom is -0.396 e. The summed E-state index contributed by atoms with van der Waals surface area (Å²) in [6, 6.07) is 9.51. The maximum absolute atomic E-state index is 12.4. The lowest BCUT2D eigenvalue weighted by Crippen LogP contribution is -2.46. The highest BCUT2D eigenvalue weighted by atomic mass is 16.3. The van der Waals surface area contributed by atoms with Crippen molar-refractivity contribution in [3.8, 4) is 11.3 Å².